The fourth-order valence-electron chi connectivity index (χ4n) is 4.43. The third-order valence-corrected chi connectivity index (χ3v) is 6.44. The molecule has 1 saturated carbocycles. The Hall–Kier alpha value is -3.28. The van der Waals surface area contributed by atoms with Gasteiger partial charge in [-0.15, -0.1) is 0 Å². The number of nitrogens with zero attached hydrogens (tertiary/aromatic N) is 2. The lowest BCUT2D eigenvalue weighted by Crippen LogP contribution is -2.47. The average molecular weight is 431 g/mol. The Bertz CT molecular complexity index is 1110. The summed E-state index contributed by atoms with van der Waals surface area (Å²) in [6.45, 7) is 4.32. The molecule has 0 bridgehead atoms. The second-order valence-corrected chi connectivity index (χ2v) is 8.93. The number of likely N-dealkylation sites (tertiary alicyclic amines) is 1. The number of benzene rings is 2. The second kappa shape index (κ2) is 9.07. The number of carbonyl (C=O) groups excluding carboxylic acids is 1. The molecule has 1 aromatic heterocycles. The summed E-state index contributed by atoms with van der Waals surface area (Å²) in [5.74, 6) is 1.57. The highest BCUT2D eigenvalue weighted by molar-refractivity contribution is 6.08. The van der Waals surface area contributed by atoms with E-state index in [9.17, 15) is 4.79 Å². The standard InChI is InChI=1S/C26H30N4O2/c1-18-24(22-9-5-6-10-23(22)27-18)26(31)28-21-13-15-30(16-14-21)25(20-7-3-2-4-8-20)29-32-17-19-11-12-19/h2-10,19,21,27H,11-17H2,1H3,(H,28,31)/b29-25+. The van der Waals surface area contributed by atoms with E-state index in [1.54, 1.807) is 0 Å². The Balaban J connectivity index is 1.24. The van der Waals surface area contributed by atoms with Crippen molar-refractivity contribution in [2.24, 2.45) is 11.1 Å². The molecule has 0 radical (unpaired) electrons. The molecule has 0 spiro atoms. The number of amides is 1. The van der Waals surface area contributed by atoms with Gasteiger partial charge in [0.2, 0.25) is 0 Å². The van der Waals surface area contributed by atoms with Crippen LogP contribution in [-0.2, 0) is 4.84 Å². The van der Waals surface area contributed by atoms with Gasteiger partial charge in [0.15, 0.2) is 5.84 Å². The number of aromatic amines is 1. The van der Waals surface area contributed by atoms with Crippen molar-refractivity contribution in [2.75, 3.05) is 19.7 Å². The van der Waals surface area contributed by atoms with E-state index in [-0.39, 0.29) is 11.9 Å². The minimum atomic E-state index is 0.00289. The predicted octanol–water partition coefficient (Wildman–Crippen LogP) is 4.46. The summed E-state index contributed by atoms with van der Waals surface area (Å²) in [6, 6.07) is 18.3. The van der Waals surface area contributed by atoms with Crippen LogP contribution >= 0.6 is 0 Å². The second-order valence-electron chi connectivity index (χ2n) is 8.93. The van der Waals surface area contributed by atoms with Crippen molar-refractivity contribution in [2.45, 2.75) is 38.6 Å². The number of piperidine rings is 1. The van der Waals surface area contributed by atoms with Crippen molar-refractivity contribution < 1.29 is 9.63 Å². The van der Waals surface area contributed by atoms with Gasteiger partial charge in [-0.2, -0.15) is 0 Å². The van der Waals surface area contributed by atoms with Crippen molar-refractivity contribution in [3.63, 3.8) is 0 Å². The highest BCUT2D eigenvalue weighted by Crippen LogP contribution is 2.29. The minimum absolute atomic E-state index is 0.00289. The molecule has 5 rings (SSSR count). The molecule has 32 heavy (non-hydrogen) atoms. The van der Waals surface area contributed by atoms with Crippen LogP contribution in [0.1, 0.15) is 47.3 Å². The van der Waals surface area contributed by atoms with Crippen molar-refractivity contribution >= 4 is 22.6 Å². The summed E-state index contributed by atoms with van der Waals surface area (Å²) in [6.07, 6.45) is 4.25. The normalized spacial score (nSPS) is 17.5. The zero-order chi connectivity index (χ0) is 21.9. The summed E-state index contributed by atoms with van der Waals surface area (Å²) in [4.78, 5) is 24.4. The molecular formula is C26H30N4O2. The number of rotatable bonds is 6. The first-order valence-corrected chi connectivity index (χ1v) is 11.6. The fourth-order valence-corrected chi connectivity index (χ4v) is 4.43. The van der Waals surface area contributed by atoms with E-state index in [0.29, 0.717) is 12.5 Å². The van der Waals surface area contributed by atoms with Gasteiger partial charge in [-0.1, -0.05) is 53.7 Å². The van der Waals surface area contributed by atoms with Crippen LogP contribution in [-0.4, -0.2) is 47.4 Å². The summed E-state index contributed by atoms with van der Waals surface area (Å²) in [5.41, 5.74) is 3.73. The van der Waals surface area contributed by atoms with Gasteiger partial charge in [0, 0.05) is 41.3 Å². The quantitative estimate of drug-likeness (QED) is 0.345. The van der Waals surface area contributed by atoms with Gasteiger partial charge in [-0.05, 0) is 44.6 Å². The zero-order valence-corrected chi connectivity index (χ0v) is 18.5. The van der Waals surface area contributed by atoms with Crippen molar-refractivity contribution in [3.05, 3.63) is 71.4 Å². The molecule has 2 fully saturated rings. The van der Waals surface area contributed by atoms with Crippen LogP contribution in [0.2, 0.25) is 0 Å². The van der Waals surface area contributed by atoms with Crippen LogP contribution in [0.3, 0.4) is 0 Å². The Labute approximate surface area is 188 Å². The monoisotopic (exact) mass is 430 g/mol. The largest absolute Gasteiger partial charge is 0.394 e. The highest BCUT2D eigenvalue weighted by Gasteiger charge is 2.26. The molecule has 0 atom stereocenters. The number of amidine groups is 1. The molecule has 2 N–H and O–H groups in total. The van der Waals surface area contributed by atoms with Crippen LogP contribution < -0.4 is 5.32 Å². The summed E-state index contributed by atoms with van der Waals surface area (Å²) >= 11 is 0. The molecule has 0 unspecified atom stereocenters. The molecule has 2 aliphatic rings. The number of H-pyrrole nitrogens is 1. The van der Waals surface area contributed by atoms with Gasteiger partial charge in [0.1, 0.15) is 6.61 Å². The van der Waals surface area contributed by atoms with E-state index >= 15 is 0 Å². The molecule has 1 aliphatic carbocycles. The van der Waals surface area contributed by atoms with Gasteiger partial charge in [-0.3, -0.25) is 4.79 Å². The molecule has 1 aliphatic heterocycles. The highest BCUT2D eigenvalue weighted by atomic mass is 16.6. The van der Waals surface area contributed by atoms with Crippen LogP contribution in [0, 0.1) is 12.8 Å². The Morgan fingerprint density at radius 1 is 1.06 bits per heavy atom. The lowest BCUT2D eigenvalue weighted by Gasteiger charge is -2.34. The maximum atomic E-state index is 13.1. The first-order valence-electron chi connectivity index (χ1n) is 11.6. The molecule has 2 heterocycles. The van der Waals surface area contributed by atoms with E-state index in [1.807, 2.05) is 49.4 Å². The number of aryl methyl sites for hydroxylation is 1. The zero-order valence-electron chi connectivity index (χ0n) is 18.5. The van der Waals surface area contributed by atoms with Crippen LogP contribution in [0.15, 0.2) is 59.8 Å². The summed E-state index contributed by atoms with van der Waals surface area (Å²) < 4.78 is 0. The van der Waals surface area contributed by atoms with Crippen molar-refractivity contribution in [1.29, 1.82) is 0 Å². The van der Waals surface area contributed by atoms with Crippen LogP contribution in [0.25, 0.3) is 10.9 Å². The van der Waals surface area contributed by atoms with Crippen molar-refractivity contribution in [1.82, 2.24) is 15.2 Å². The van der Waals surface area contributed by atoms with E-state index in [4.69, 9.17) is 4.84 Å². The Morgan fingerprint density at radius 3 is 2.53 bits per heavy atom. The Morgan fingerprint density at radius 2 is 1.78 bits per heavy atom. The minimum Gasteiger partial charge on any atom is -0.394 e. The number of nitrogens with one attached hydrogen (secondary N) is 2. The van der Waals surface area contributed by atoms with Gasteiger partial charge in [0.05, 0.1) is 5.56 Å². The smallest absolute Gasteiger partial charge is 0.253 e. The Kier molecular flexibility index (Phi) is 5.84. The molecule has 2 aromatic carbocycles. The number of fused-ring (bicyclic) bond motifs is 1. The van der Waals surface area contributed by atoms with Crippen LogP contribution in [0.5, 0.6) is 0 Å². The summed E-state index contributed by atoms with van der Waals surface area (Å²) in [5, 5.41) is 8.76. The lowest BCUT2D eigenvalue weighted by molar-refractivity contribution is 0.0921. The number of aromatic nitrogens is 1. The average Bonchev–Trinajstić information content (AvgIpc) is 3.57. The molecular weight excluding hydrogens is 400 g/mol. The topological polar surface area (TPSA) is 69.7 Å². The fraction of sp³-hybridized carbons (Fsp3) is 0.385. The molecule has 1 saturated heterocycles. The van der Waals surface area contributed by atoms with Crippen molar-refractivity contribution in [3.8, 4) is 0 Å². The number of carbonyl (C=O) groups is 1. The number of para-hydroxylation sites is 1. The van der Waals surface area contributed by atoms with Gasteiger partial charge < -0.3 is 20.0 Å². The van der Waals surface area contributed by atoms with Gasteiger partial charge >= 0.3 is 0 Å². The molecule has 1 amide bonds. The molecule has 3 aromatic rings. The van der Waals surface area contributed by atoms with E-state index in [0.717, 1.165) is 59.5 Å². The first-order chi connectivity index (χ1) is 15.7. The number of oxime groups is 1. The predicted molar refractivity (Wildman–Crippen MR) is 127 cm³/mol. The van der Waals surface area contributed by atoms with Gasteiger partial charge in [-0.25, -0.2) is 0 Å². The third-order valence-electron chi connectivity index (χ3n) is 6.44. The lowest BCUT2D eigenvalue weighted by atomic mass is 10.0. The summed E-state index contributed by atoms with van der Waals surface area (Å²) in [7, 11) is 0. The van der Waals surface area contributed by atoms with E-state index in [1.165, 1.54) is 12.8 Å². The first kappa shape index (κ1) is 20.6. The third kappa shape index (κ3) is 4.49. The van der Waals surface area contributed by atoms with E-state index < -0.39 is 0 Å². The molecule has 6 heteroatoms. The number of hydrogen-bond acceptors (Lipinski definition) is 3. The molecule has 6 nitrogen and oxygen atoms in total. The molecule has 166 valence electrons. The maximum absolute atomic E-state index is 13.1. The van der Waals surface area contributed by atoms with Gasteiger partial charge in [0.25, 0.3) is 5.91 Å². The van der Waals surface area contributed by atoms with E-state index in [2.05, 4.69) is 32.5 Å². The van der Waals surface area contributed by atoms with Crippen LogP contribution in [0.4, 0.5) is 0 Å². The number of hydrogen-bond donors (Lipinski definition) is 2. The maximum Gasteiger partial charge on any atom is 0.253 e. The SMILES string of the molecule is Cc1[nH]c2ccccc2c1C(=O)NC1CCN(/C(=N/OCC2CC2)c2ccccc2)CC1.